The minimum Gasteiger partial charge on any atom is -0.402 e. The fourth-order valence-corrected chi connectivity index (χ4v) is 0.788. The molecule has 2 rings (SSSR count). The van der Waals surface area contributed by atoms with Gasteiger partial charge in [0, 0.05) is 13.1 Å². The molecule has 0 aliphatic carbocycles. The first-order valence-corrected chi connectivity index (χ1v) is 4.13. The SMILES string of the molecule is C1=CONNC1.C1CCONC1. The van der Waals surface area contributed by atoms with Gasteiger partial charge in [0.1, 0.15) is 6.26 Å². The molecular formula is C7H15N3O2. The molecule has 2 heterocycles. The summed E-state index contributed by atoms with van der Waals surface area (Å²) in [5.41, 5.74) is 7.96. The number of hydrogen-bond acceptors (Lipinski definition) is 5. The second-order valence-electron chi connectivity index (χ2n) is 2.42. The molecule has 5 heteroatoms. The van der Waals surface area contributed by atoms with Gasteiger partial charge < -0.3 is 9.68 Å². The molecule has 3 N–H and O–H groups in total. The van der Waals surface area contributed by atoms with E-state index < -0.39 is 0 Å². The molecule has 0 bridgehead atoms. The number of hydroxylamine groups is 1. The molecule has 0 saturated carbocycles. The van der Waals surface area contributed by atoms with Gasteiger partial charge in [-0.25, -0.2) is 10.9 Å². The molecule has 1 fully saturated rings. The van der Waals surface area contributed by atoms with Gasteiger partial charge in [0.15, 0.2) is 0 Å². The second-order valence-corrected chi connectivity index (χ2v) is 2.42. The minimum atomic E-state index is 0.833. The third-order valence-electron chi connectivity index (χ3n) is 1.39. The molecule has 0 radical (unpaired) electrons. The van der Waals surface area contributed by atoms with Gasteiger partial charge in [-0.15, -0.1) is 0 Å². The van der Waals surface area contributed by atoms with Crippen molar-refractivity contribution in [3.8, 4) is 0 Å². The molecule has 5 nitrogen and oxygen atoms in total. The summed E-state index contributed by atoms with van der Waals surface area (Å²) in [4.78, 5) is 9.35. The van der Waals surface area contributed by atoms with E-state index in [-0.39, 0.29) is 0 Å². The number of rotatable bonds is 0. The average molecular weight is 173 g/mol. The van der Waals surface area contributed by atoms with E-state index in [0.29, 0.717) is 0 Å². The Morgan fingerprint density at radius 1 is 1.25 bits per heavy atom. The lowest BCUT2D eigenvalue weighted by Gasteiger charge is -2.09. The minimum absolute atomic E-state index is 0.833. The Balaban J connectivity index is 0.000000120. The van der Waals surface area contributed by atoms with Crippen LogP contribution in [-0.2, 0) is 9.68 Å². The fraction of sp³-hybridized carbons (Fsp3) is 0.714. The van der Waals surface area contributed by atoms with Crippen LogP contribution in [0.15, 0.2) is 12.3 Å². The molecule has 0 aromatic rings. The van der Waals surface area contributed by atoms with E-state index in [4.69, 9.17) is 4.84 Å². The largest absolute Gasteiger partial charge is 0.402 e. The van der Waals surface area contributed by atoms with Crippen LogP contribution in [-0.4, -0.2) is 19.7 Å². The van der Waals surface area contributed by atoms with Gasteiger partial charge in [-0.1, -0.05) is 5.59 Å². The maximum atomic E-state index is 4.82. The van der Waals surface area contributed by atoms with Crippen molar-refractivity contribution in [2.24, 2.45) is 0 Å². The molecular weight excluding hydrogens is 158 g/mol. The van der Waals surface area contributed by atoms with Crippen molar-refractivity contribution < 1.29 is 9.68 Å². The van der Waals surface area contributed by atoms with Crippen molar-refractivity contribution in [3.63, 3.8) is 0 Å². The summed E-state index contributed by atoms with van der Waals surface area (Å²) < 4.78 is 0. The summed E-state index contributed by atoms with van der Waals surface area (Å²) in [5.74, 6) is 0. The highest BCUT2D eigenvalue weighted by Gasteiger charge is 1.93. The van der Waals surface area contributed by atoms with Crippen molar-refractivity contribution in [2.45, 2.75) is 12.8 Å². The Labute approximate surface area is 72.0 Å². The Morgan fingerprint density at radius 3 is 2.42 bits per heavy atom. The van der Waals surface area contributed by atoms with E-state index in [2.05, 4.69) is 21.3 Å². The molecule has 70 valence electrons. The summed E-state index contributed by atoms with van der Waals surface area (Å²) >= 11 is 0. The van der Waals surface area contributed by atoms with E-state index in [0.717, 1.165) is 19.7 Å². The van der Waals surface area contributed by atoms with Crippen molar-refractivity contribution in [2.75, 3.05) is 19.7 Å². The monoisotopic (exact) mass is 173 g/mol. The van der Waals surface area contributed by atoms with Crippen LogP contribution in [0.4, 0.5) is 0 Å². The van der Waals surface area contributed by atoms with Gasteiger partial charge >= 0.3 is 0 Å². The van der Waals surface area contributed by atoms with Gasteiger partial charge in [0.05, 0.1) is 6.61 Å². The number of hydrazine groups is 1. The summed E-state index contributed by atoms with van der Waals surface area (Å²) in [7, 11) is 0. The topological polar surface area (TPSA) is 54.5 Å². The third-order valence-corrected chi connectivity index (χ3v) is 1.39. The molecule has 2 aliphatic heterocycles. The predicted octanol–water partition coefficient (Wildman–Crippen LogP) is -0.159. The standard InChI is InChI=1S/C4H9NO.C3H6N2O/c1-2-4-6-5-3-1;1-2-4-5-6-3-1/h5H,1-4H2;1,3-5H,2H2. The van der Waals surface area contributed by atoms with E-state index in [1.54, 1.807) is 6.26 Å². The van der Waals surface area contributed by atoms with Crippen molar-refractivity contribution in [1.29, 1.82) is 0 Å². The molecule has 1 saturated heterocycles. The zero-order chi connectivity index (χ0) is 8.49. The normalized spacial score (nSPS) is 22.0. The Kier molecular flexibility index (Phi) is 5.56. The highest BCUT2D eigenvalue weighted by Crippen LogP contribution is 1.91. The first kappa shape index (κ1) is 9.47. The van der Waals surface area contributed by atoms with Crippen LogP contribution in [0.1, 0.15) is 12.8 Å². The lowest BCUT2D eigenvalue weighted by molar-refractivity contribution is 0.0128. The predicted molar refractivity (Wildman–Crippen MR) is 44.6 cm³/mol. The average Bonchev–Trinajstić information content (AvgIpc) is 2.24. The van der Waals surface area contributed by atoms with Crippen molar-refractivity contribution >= 4 is 0 Å². The molecule has 0 unspecified atom stereocenters. The van der Waals surface area contributed by atoms with Crippen LogP contribution in [0.25, 0.3) is 0 Å². The lowest BCUT2D eigenvalue weighted by atomic mass is 10.3. The molecule has 0 amide bonds. The zero-order valence-electron chi connectivity index (χ0n) is 7.01. The molecule has 12 heavy (non-hydrogen) atoms. The Hall–Kier alpha value is -0.620. The first-order valence-electron chi connectivity index (χ1n) is 4.13. The quantitative estimate of drug-likeness (QED) is 0.475. The fourth-order valence-electron chi connectivity index (χ4n) is 0.788. The molecule has 0 spiro atoms. The maximum Gasteiger partial charge on any atom is 0.110 e. The summed E-state index contributed by atoms with van der Waals surface area (Å²) in [6.07, 6.45) is 5.94. The van der Waals surface area contributed by atoms with Crippen LogP contribution >= 0.6 is 0 Å². The summed E-state index contributed by atoms with van der Waals surface area (Å²) in [5, 5.41) is 0. The highest BCUT2D eigenvalue weighted by atomic mass is 16.7. The number of hydrogen-bond donors (Lipinski definition) is 3. The van der Waals surface area contributed by atoms with E-state index >= 15 is 0 Å². The van der Waals surface area contributed by atoms with Crippen molar-refractivity contribution in [3.05, 3.63) is 12.3 Å². The van der Waals surface area contributed by atoms with Gasteiger partial charge in [-0.2, -0.15) is 0 Å². The van der Waals surface area contributed by atoms with Gasteiger partial charge in [0.25, 0.3) is 0 Å². The van der Waals surface area contributed by atoms with Crippen molar-refractivity contribution in [1.82, 2.24) is 16.5 Å². The molecule has 0 aromatic heterocycles. The second kappa shape index (κ2) is 7.05. The van der Waals surface area contributed by atoms with Gasteiger partial charge in [-0.3, -0.25) is 0 Å². The third kappa shape index (κ3) is 5.09. The Morgan fingerprint density at radius 2 is 2.25 bits per heavy atom. The van der Waals surface area contributed by atoms with E-state index in [9.17, 15) is 0 Å². The van der Waals surface area contributed by atoms with Crippen LogP contribution in [0.2, 0.25) is 0 Å². The maximum absolute atomic E-state index is 4.82. The Bertz CT molecular complexity index is 106. The smallest absolute Gasteiger partial charge is 0.110 e. The molecule has 2 aliphatic rings. The molecule has 0 atom stereocenters. The lowest BCUT2D eigenvalue weighted by Crippen LogP contribution is -2.32. The van der Waals surface area contributed by atoms with Crippen LogP contribution < -0.4 is 16.5 Å². The van der Waals surface area contributed by atoms with Crippen LogP contribution in [0, 0.1) is 0 Å². The first-order chi connectivity index (χ1) is 6.00. The van der Waals surface area contributed by atoms with Gasteiger partial charge in [-0.05, 0) is 18.9 Å². The van der Waals surface area contributed by atoms with E-state index in [1.165, 1.54) is 12.8 Å². The van der Waals surface area contributed by atoms with Gasteiger partial charge in [0.2, 0.25) is 0 Å². The van der Waals surface area contributed by atoms with E-state index in [1.807, 2.05) is 6.08 Å². The zero-order valence-corrected chi connectivity index (χ0v) is 7.01. The van der Waals surface area contributed by atoms with Crippen LogP contribution in [0.3, 0.4) is 0 Å². The highest BCUT2D eigenvalue weighted by molar-refractivity contribution is 4.76. The number of nitrogens with one attached hydrogen (secondary N) is 3. The molecule has 0 aromatic carbocycles. The summed E-state index contributed by atoms with van der Waals surface area (Å²) in [6.45, 7) is 2.75. The summed E-state index contributed by atoms with van der Waals surface area (Å²) in [6, 6.07) is 0. The van der Waals surface area contributed by atoms with Crippen LogP contribution in [0.5, 0.6) is 0 Å².